The highest BCUT2D eigenvalue weighted by Gasteiger charge is 2.45. The third kappa shape index (κ3) is 4.18. The largest absolute Gasteiger partial charge is 0.457 e. The van der Waals surface area contributed by atoms with E-state index in [0.29, 0.717) is 36.5 Å². The molecule has 0 radical (unpaired) electrons. The molecule has 7 nitrogen and oxygen atoms in total. The molecule has 31 heavy (non-hydrogen) atoms. The molecule has 2 bridgehead atoms. The van der Waals surface area contributed by atoms with E-state index in [1.165, 1.54) is 4.57 Å². The van der Waals surface area contributed by atoms with Crippen LogP contribution in [0.25, 0.3) is 11.2 Å². The fourth-order valence-corrected chi connectivity index (χ4v) is 5.67. The van der Waals surface area contributed by atoms with Crippen molar-refractivity contribution in [2.45, 2.75) is 77.7 Å². The maximum atomic E-state index is 12.9. The van der Waals surface area contributed by atoms with Crippen LogP contribution in [0.2, 0.25) is 0 Å². The van der Waals surface area contributed by atoms with Crippen LogP contribution in [-0.2, 0) is 13.1 Å². The number of nitrogens with zero attached hydrogens (tertiary/aromatic N) is 3. The highest BCUT2D eigenvalue weighted by molar-refractivity contribution is 5.70. The summed E-state index contributed by atoms with van der Waals surface area (Å²) >= 11 is 0. The molecule has 4 rings (SSSR count). The molecule has 0 saturated heterocycles. The van der Waals surface area contributed by atoms with E-state index in [2.05, 4.69) is 9.97 Å². The zero-order valence-electron chi connectivity index (χ0n) is 18.0. The van der Waals surface area contributed by atoms with Crippen LogP contribution in [-0.4, -0.2) is 31.9 Å². The predicted octanol–water partition coefficient (Wildman–Crippen LogP) is 3.34. The van der Waals surface area contributed by atoms with Crippen molar-refractivity contribution in [3.63, 3.8) is 0 Å². The first-order valence-corrected chi connectivity index (χ1v) is 11.3. The lowest BCUT2D eigenvalue weighted by Gasteiger charge is -2.35. The summed E-state index contributed by atoms with van der Waals surface area (Å²) < 4.78 is 40.7. The maximum absolute atomic E-state index is 12.9. The summed E-state index contributed by atoms with van der Waals surface area (Å²) in [5, 5.41) is 1.72. The number of nitrogens with one attached hydrogen (secondary N) is 2. The van der Waals surface area contributed by atoms with Crippen molar-refractivity contribution < 1.29 is 13.2 Å². The highest BCUT2D eigenvalue weighted by atomic mass is 19.4. The Morgan fingerprint density at radius 1 is 1.06 bits per heavy atom. The van der Waals surface area contributed by atoms with Gasteiger partial charge < -0.3 is 4.98 Å². The molecule has 2 aliphatic carbocycles. The van der Waals surface area contributed by atoms with Crippen LogP contribution in [0.15, 0.2) is 9.59 Å². The Kier molecular flexibility index (Phi) is 6.02. The van der Waals surface area contributed by atoms with E-state index < -0.39 is 6.30 Å². The average molecular weight is 441 g/mol. The van der Waals surface area contributed by atoms with Gasteiger partial charge in [0.1, 0.15) is 11.3 Å². The number of fused-ring (bicyclic) bond motifs is 3. The number of hydrogen-bond donors (Lipinski definition) is 2. The Bertz CT molecular complexity index is 1040. The van der Waals surface area contributed by atoms with E-state index in [-0.39, 0.29) is 41.5 Å². The number of imidazole rings is 1. The quantitative estimate of drug-likeness (QED) is 0.646. The SMILES string of the molecule is CCCn1c(=O)c2[nH]c(C3CC4CCC(C3)C4CNC(F)(F)F)nc2n(CCC)c1=O. The topological polar surface area (TPSA) is 84.7 Å². The Morgan fingerprint density at radius 3 is 2.26 bits per heavy atom. The second kappa shape index (κ2) is 8.44. The van der Waals surface area contributed by atoms with E-state index in [4.69, 9.17) is 0 Å². The summed E-state index contributed by atoms with van der Waals surface area (Å²) in [6.07, 6.45) is 0.417. The number of aromatic amines is 1. The third-order valence-corrected chi connectivity index (χ3v) is 6.99. The zero-order valence-corrected chi connectivity index (χ0v) is 18.0. The molecule has 172 valence electrons. The van der Waals surface area contributed by atoms with Gasteiger partial charge in [-0.25, -0.2) is 15.1 Å². The number of aryl methyl sites for hydroxylation is 1. The minimum absolute atomic E-state index is 0.0160. The standard InChI is InChI=1S/C21H30F3N5O2/c1-3-7-28-18-16(19(30)29(8-4-2)20(28)31)26-17(27-18)14-9-12-5-6-13(10-14)15(12)11-25-21(22,23)24/h12-15,25H,3-11H2,1-2H3,(H,26,27). The van der Waals surface area contributed by atoms with Crippen molar-refractivity contribution in [2.24, 2.45) is 17.8 Å². The monoisotopic (exact) mass is 441 g/mol. The summed E-state index contributed by atoms with van der Waals surface area (Å²) in [5.74, 6) is 1.19. The van der Waals surface area contributed by atoms with Gasteiger partial charge in [-0.3, -0.25) is 13.9 Å². The molecule has 2 saturated carbocycles. The first-order chi connectivity index (χ1) is 14.7. The molecule has 2 aliphatic rings. The van der Waals surface area contributed by atoms with Gasteiger partial charge in [-0.15, -0.1) is 0 Å². The molecule has 0 amide bonds. The highest BCUT2D eigenvalue weighted by Crippen LogP contribution is 2.51. The Labute approximate surface area is 178 Å². The number of hydrogen-bond acceptors (Lipinski definition) is 4. The number of halogens is 3. The first-order valence-electron chi connectivity index (χ1n) is 11.3. The van der Waals surface area contributed by atoms with Crippen LogP contribution in [0.5, 0.6) is 0 Å². The van der Waals surface area contributed by atoms with E-state index in [1.807, 2.05) is 13.8 Å². The number of H-pyrrole nitrogens is 1. The van der Waals surface area contributed by atoms with Crippen LogP contribution in [0.1, 0.15) is 64.1 Å². The lowest BCUT2D eigenvalue weighted by Crippen LogP contribution is -2.40. The second-order valence-corrected chi connectivity index (χ2v) is 9.02. The lowest BCUT2D eigenvalue weighted by atomic mass is 9.73. The van der Waals surface area contributed by atoms with E-state index in [9.17, 15) is 22.8 Å². The van der Waals surface area contributed by atoms with Gasteiger partial charge in [-0.2, -0.15) is 13.2 Å². The fourth-order valence-electron chi connectivity index (χ4n) is 5.67. The smallest absolute Gasteiger partial charge is 0.336 e. The fraction of sp³-hybridized carbons (Fsp3) is 0.762. The Morgan fingerprint density at radius 2 is 1.68 bits per heavy atom. The van der Waals surface area contributed by atoms with Crippen LogP contribution < -0.4 is 16.6 Å². The van der Waals surface area contributed by atoms with Gasteiger partial charge in [0.2, 0.25) is 0 Å². The molecule has 0 aliphatic heterocycles. The molecule has 2 atom stereocenters. The molecular formula is C21H30F3N5O2. The minimum Gasteiger partial charge on any atom is -0.336 e. The molecule has 2 fully saturated rings. The van der Waals surface area contributed by atoms with Gasteiger partial charge in [-0.1, -0.05) is 13.8 Å². The molecule has 2 N–H and O–H groups in total. The molecule has 0 spiro atoms. The zero-order chi connectivity index (χ0) is 22.3. The molecule has 2 heterocycles. The van der Waals surface area contributed by atoms with Crippen molar-refractivity contribution in [1.29, 1.82) is 0 Å². The van der Waals surface area contributed by atoms with Crippen molar-refractivity contribution in [1.82, 2.24) is 24.4 Å². The lowest BCUT2D eigenvalue weighted by molar-refractivity contribution is -0.160. The Balaban J connectivity index is 1.64. The van der Waals surface area contributed by atoms with Crippen molar-refractivity contribution in [2.75, 3.05) is 6.54 Å². The van der Waals surface area contributed by atoms with Crippen molar-refractivity contribution >= 4 is 11.2 Å². The van der Waals surface area contributed by atoms with Gasteiger partial charge in [0.15, 0.2) is 5.65 Å². The summed E-state index contributed by atoms with van der Waals surface area (Å²) in [6.45, 7) is 4.68. The first kappa shape index (κ1) is 22.1. The van der Waals surface area contributed by atoms with Crippen LogP contribution in [0.4, 0.5) is 13.2 Å². The molecule has 10 heteroatoms. The summed E-state index contributed by atoms with van der Waals surface area (Å²) in [4.78, 5) is 33.7. The van der Waals surface area contributed by atoms with Gasteiger partial charge >= 0.3 is 12.0 Å². The van der Waals surface area contributed by atoms with Gasteiger partial charge in [0, 0.05) is 25.6 Å². The maximum Gasteiger partial charge on any atom is 0.457 e. The number of alkyl halides is 3. The molecule has 2 aromatic rings. The van der Waals surface area contributed by atoms with Gasteiger partial charge in [0.05, 0.1) is 0 Å². The minimum atomic E-state index is -4.35. The Hall–Kier alpha value is -2.10. The summed E-state index contributed by atoms with van der Waals surface area (Å²) in [5.41, 5.74) is 0.0670. The summed E-state index contributed by atoms with van der Waals surface area (Å²) in [6, 6.07) is 0. The van der Waals surface area contributed by atoms with Crippen LogP contribution >= 0.6 is 0 Å². The van der Waals surface area contributed by atoms with Gasteiger partial charge in [-0.05, 0) is 56.3 Å². The van der Waals surface area contributed by atoms with Crippen LogP contribution in [0, 0.1) is 17.8 Å². The van der Waals surface area contributed by atoms with E-state index in [1.54, 1.807) is 9.88 Å². The summed E-state index contributed by atoms with van der Waals surface area (Å²) in [7, 11) is 0. The van der Waals surface area contributed by atoms with Crippen molar-refractivity contribution in [3.8, 4) is 0 Å². The number of rotatable bonds is 7. The molecule has 0 aromatic carbocycles. The van der Waals surface area contributed by atoms with Crippen LogP contribution in [0.3, 0.4) is 0 Å². The number of aromatic nitrogens is 4. The average Bonchev–Trinajstić information content (AvgIpc) is 3.25. The van der Waals surface area contributed by atoms with E-state index in [0.717, 1.165) is 32.1 Å². The van der Waals surface area contributed by atoms with Gasteiger partial charge in [0.25, 0.3) is 5.56 Å². The molecule has 2 aromatic heterocycles. The normalized spacial score (nSPS) is 26.1. The van der Waals surface area contributed by atoms with Crippen molar-refractivity contribution in [3.05, 3.63) is 26.7 Å². The second-order valence-electron chi connectivity index (χ2n) is 9.02. The third-order valence-electron chi connectivity index (χ3n) is 6.99. The van der Waals surface area contributed by atoms with E-state index >= 15 is 0 Å². The molecular weight excluding hydrogens is 411 g/mol. The predicted molar refractivity (Wildman–Crippen MR) is 111 cm³/mol. The molecule has 2 unspecified atom stereocenters.